The van der Waals surface area contributed by atoms with Crippen LogP contribution >= 0.6 is 12.0 Å². The number of ketones is 2. The number of ether oxygens (including phenoxy) is 1. The van der Waals surface area contributed by atoms with Gasteiger partial charge in [0.25, 0.3) is 5.56 Å². The summed E-state index contributed by atoms with van der Waals surface area (Å²) in [5.41, 5.74) is 2.18. The molecule has 1 aliphatic carbocycles. The number of carbonyl (C=O) groups excluding carboxylic acids is 2. The summed E-state index contributed by atoms with van der Waals surface area (Å²) in [5.74, 6) is -0.689. The third-order valence-electron chi connectivity index (χ3n) is 9.88. The van der Waals surface area contributed by atoms with E-state index in [4.69, 9.17) is 9.07 Å². The van der Waals surface area contributed by atoms with Crippen molar-refractivity contribution in [3.05, 3.63) is 141 Å². The summed E-state index contributed by atoms with van der Waals surface area (Å²) in [7, 11) is -4.74. The van der Waals surface area contributed by atoms with Crippen molar-refractivity contribution >= 4 is 56.0 Å². The summed E-state index contributed by atoms with van der Waals surface area (Å²) >= 11 is 0.636. The van der Waals surface area contributed by atoms with Crippen molar-refractivity contribution in [1.29, 1.82) is 0 Å². The molecule has 0 radical (unpaired) electrons. The quantitative estimate of drug-likeness (QED) is 0.0454. The number of carbonyl (C=O) groups is 2. The van der Waals surface area contributed by atoms with E-state index < -0.39 is 32.1 Å². The number of benzene rings is 5. The van der Waals surface area contributed by atoms with Gasteiger partial charge in [-0.3, -0.25) is 19.4 Å². The average molecular weight is 823 g/mol. The average Bonchev–Trinajstić information content (AvgIpc) is 3.17. The molecule has 1 aromatic heterocycles. The van der Waals surface area contributed by atoms with E-state index in [1.54, 1.807) is 54.6 Å². The predicted molar refractivity (Wildman–Crippen MR) is 204 cm³/mol. The Morgan fingerprint density at radius 3 is 2.18 bits per heavy atom. The maximum atomic E-state index is 14.5. The van der Waals surface area contributed by atoms with Crippen molar-refractivity contribution in [3.8, 4) is 22.6 Å². The number of aromatic nitrogens is 1. The number of fused-ring (bicyclic) bond motifs is 2. The second kappa shape index (κ2) is 17.7. The maximum absolute atomic E-state index is 14.5. The molecule has 0 saturated heterocycles. The van der Waals surface area contributed by atoms with Crippen molar-refractivity contribution in [2.24, 2.45) is 0 Å². The molecule has 0 amide bonds. The van der Waals surface area contributed by atoms with Gasteiger partial charge in [-0.05, 0) is 65.8 Å². The van der Waals surface area contributed by atoms with Gasteiger partial charge in [0.2, 0.25) is 0 Å². The van der Waals surface area contributed by atoms with E-state index in [0.29, 0.717) is 33.8 Å². The summed E-state index contributed by atoms with van der Waals surface area (Å²) in [6.45, 7) is 7.99. The molecule has 1 aliphatic rings. The van der Waals surface area contributed by atoms with Gasteiger partial charge < -0.3 is 24.8 Å². The minimum atomic E-state index is -4.74. The zero-order valence-corrected chi connectivity index (χ0v) is 37.5. The first-order valence-electron chi connectivity index (χ1n) is 17.0. The van der Waals surface area contributed by atoms with Crippen LogP contribution in [0.15, 0.2) is 112 Å². The molecule has 0 spiro atoms. The summed E-state index contributed by atoms with van der Waals surface area (Å²) < 4.78 is 46.4. The van der Waals surface area contributed by atoms with Crippen molar-refractivity contribution in [2.75, 3.05) is 5.32 Å². The van der Waals surface area contributed by atoms with Crippen LogP contribution in [0.1, 0.15) is 70.2 Å². The Kier molecular flexibility index (Phi) is 13.8. The molecule has 5 aromatic carbocycles. The molecule has 0 fully saturated rings. The molecule has 0 saturated carbocycles. The van der Waals surface area contributed by atoms with E-state index >= 15 is 0 Å². The zero-order valence-electron chi connectivity index (χ0n) is 31.8. The van der Waals surface area contributed by atoms with Gasteiger partial charge in [0.1, 0.15) is 15.9 Å². The number of anilines is 2. The summed E-state index contributed by atoms with van der Waals surface area (Å²) in [5, 5.41) is 18.1. The zero-order chi connectivity index (χ0) is 39.2. The van der Waals surface area contributed by atoms with E-state index in [1.165, 1.54) is 18.2 Å². The molecule has 6 aromatic rings. The standard InChI is InChI=1S/C41H34N2O10S2.2Na/c1-5-41(3,4)24-19-22(2)39(31(20-24)54-53-52-47)51-30-21-29(42-25-15-17-26(18-16-25)55(48,49)50)33-34-32(27-13-9-10-14-28(27)38(33)45)35(40(46)43-36(30)34)37(44)23-11-7-6-8-12-23;;/h6-21,42,47H,5H2,1-4H3,(H,43,46)(H,48,49,50);;/q;2*+1/p-2. The number of aromatic amines is 1. The first-order valence-corrected chi connectivity index (χ1v) is 19.2. The molecular weight excluding hydrogens is 791 g/mol. The Hall–Kier alpha value is -3.61. The first-order chi connectivity index (χ1) is 26.2. The predicted octanol–water partition coefficient (Wildman–Crippen LogP) is 1.65. The Balaban J connectivity index is 0.00000310. The van der Waals surface area contributed by atoms with Gasteiger partial charge in [-0.2, -0.15) is 4.33 Å². The Morgan fingerprint density at radius 1 is 0.895 bits per heavy atom. The molecule has 7 rings (SSSR count). The molecule has 0 bridgehead atoms. The SMILES string of the molecule is CCC(C)(C)c1cc(C)c(Oc2cc(Nc3ccc(S(=O)(=O)[O-])cc3)c3c4c(c(C(=O)c5ccccc5)c(=O)[nH]c24)-c2ccccc2C3=O)c(SOO[O-])c1.[Na+].[Na+]. The van der Waals surface area contributed by atoms with E-state index in [2.05, 4.69) is 29.2 Å². The molecule has 2 N–H and O–H groups in total. The van der Waals surface area contributed by atoms with Crippen LogP contribution in [0, 0.1) is 6.92 Å². The van der Waals surface area contributed by atoms with Crippen molar-refractivity contribution in [3.63, 3.8) is 0 Å². The molecular formula is C41H32N2Na2O10S2. The van der Waals surface area contributed by atoms with Gasteiger partial charge in [-0.15, -0.1) is 0 Å². The number of aryl methyl sites for hydroxylation is 1. The van der Waals surface area contributed by atoms with Gasteiger partial charge in [0, 0.05) is 33.8 Å². The molecule has 280 valence electrons. The monoisotopic (exact) mass is 822 g/mol. The summed E-state index contributed by atoms with van der Waals surface area (Å²) in [4.78, 5) is 45.8. The fourth-order valence-corrected chi connectivity index (χ4v) is 7.69. The maximum Gasteiger partial charge on any atom is 1.00 e. The van der Waals surface area contributed by atoms with Crippen molar-refractivity contribution in [2.45, 2.75) is 49.3 Å². The van der Waals surface area contributed by atoms with Gasteiger partial charge >= 0.3 is 59.1 Å². The Bertz CT molecular complexity index is 2700. The number of nitrogens with one attached hydrogen (secondary N) is 2. The second-order valence-electron chi connectivity index (χ2n) is 13.6. The van der Waals surface area contributed by atoms with Crippen LogP contribution in [0.25, 0.3) is 22.0 Å². The fourth-order valence-electron chi connectivity index (χ4n) is 6.67. The smallest absolute Gasteiger partial charge is 0.744 e. The Labute approximate surface area is 376 Å². The number of rotatable bonds is 12. The third-order valence-corrected chi connectivity index (χ3v) is 11.3. The number of hydrogen-bond donors (Lipinski definition) is 2. The van der Waals surface area contributed by atoms with Gasteiger partial charge in [-0.25, -0.2) is 8.42 Å². The third kappa shape index (κ3) is 8.60. The van der Waals surface area contributed by atoms with Crippen molar-refractivity contribution in [1.82, 2.24) is 4.98 Å². The van der Waals surface area contributed by atoms with E-state index in [9.17, 15) is 32.6 Å². The minimum absolute atomic E-state index is 0. The topological polar surface area (TPSA) is 187 Å². The van der Waals surface area contributed by atoms with Crippen LogP contribution in [-0.2, 0) is 24.9 Å². The molecule has 57 heavy (non-hydrogen) atoms. The minimum Gasteiger partial charge on any atom is -0.744 e. The molecule has 0 unspecified atom stereocenters. The number of H-pyrrole nitrogens is 1. The Morgan fingerprint density at radius 2 is 1.54 bits per heavy atom. The van der Waals surface area contributed by atoms with E-state index in [-0.39, 0.29) is 120 Å². The normalized spacial score (nSPS) is 12.0. The van der Waals surface area contributed by atoms with Gasteiger partial charge in [0.05, 0.1) is 44.2 Å². The summed E-state index contributed by atoms with van der Waals surface area (Å²) in [6, 6.07) is 25.2. The fraction of sp³-hybridized carbons (Fsp3) is 0.146. The summed E-state index contributed by atoms with van der Waals surface area (Å²) in [6.07, 6.45) is 0.794. The van der Waals surface area contributed by atoms with Crippen LogP contribution < -0.4 is 80.0 Å². The molecule has 12 nitrogen and oxygen atoms in total. The van der Waals surface area contributed by atoms with Crippen LogP contribution in [-0.4, -0.2) is 29.5 Å². The molecule has 16 heteroatoms. The van der Waals surface area contributed by atoms with Gasteiger partial charge in [-0.1, -0.05) is 81.4 Å². The van der Waals surface area contributed by atoms with Crippen LogP contribution in [0.3, 0.4) is 0 Å². The van der Waals surface area contributed by atoms with Crippen LogP contribution in [0.5, 0.6) is 11.5 Å². The van der Waals surface area contributed by atoms with E-state index in [0.717, 1.165) is 24.1 Å². The first kappa shape index (κ1) is 44.5. The molecule has 0 atom stereocenters. The van der Waals surface area contributed by atoms with E-state index in [1.807, 2.05) is 26.0 Å². The second-order valence-corrected chi connectivity index (χ2v) is 15.7. The van der Waals surface area contributed by atoms with Crippen LogP contribution in [0.2, 0.25) is 0 Å². The number of pyridine rings is 1. The largest absolute Gasteiger partial charge is 1.00 e. The van der Waals surface area contributed by atoms with Crippen molar-refractivity contribution < 1.29 is 101 Å². The number of hydrogen-bond acceptors (Lipinski definition) is 12. The molecule has 1 heterocycles. The molecule has 0 aliphatic heterocycles. The van der Waals surface area contributed by atoms with Crippen LogP contribution in [0.4, 0.5) is 11.4 Å². The van der Waals surface area contributed by atoms with Gasteiger partial charge in [0.15, 0.2) is 17.3 Å².